The largest absolute Gasteiger partial charge is 0.366 e. The first-order valence-electron chi connectivity index (χ1n) is 11.1. The molecular formula is C26H26Cl2N4O. The Hall–Kier alpha value is -2.60. The molecule has 1 saturated heterocycles. The van der Waals surface area contributed by atoms with E-state index in [1.807, 2.05) is 13.0 Å². The second-order valence-corrected chi connectivity index (χ2v) is 9.94. The first-order chi connectivity index (χ1) is 15.8. The van der Waals surface area contributed by atoms with Gasteiger partial charge in [-0.25, -0.2) is 4.98 Å². The van der Waals surface area contributed by atoms with Crippen molar-refractivity contribution in [1.29, 1.82) is 0 Å². The Kier molecular flexibility index (Phi) is 5.60. The van der Waals surface area contributed by atoms with Gasteiger partial charge in [0.15, 0.2) is 0 Å². The summed E-state index contributed by atoms with van der Waals surface area (Å²) in [5.74, 6) is 0.233. The maximum absolute atomic E-state index is 12.4. The van der Waals surface area contributed by atoms with Gasteiger partial charge in [0.25, 0.3) is 0 Å². The second kappa shape index (κ2) is 8.32. The molecule has 2 aliphatic rings. The van der Waals surface area contributed by atoms with Crippen molar-refractivity contribution in [3.8, 4) is 11.1 Å². The molecule has 5 rings (SSSR count). The van der Waals surface area contributed by atoms with Crippen molar-refractivity contribution in [3.63, 3.8) is 0 Å². The van der Waals surface area contributed by atoms with Gasteiger partial charge in [-0.05, 0) is 54.9 Å². The van der Waals surface area contributed by atoms with Crippen LogP contribution < -0.4 is 16.4 Å². The number of hydrogen-bond donors (Lipinski definition) is 2. The number of piperidine rings is 1. The smallest absolute Gasteiger partial charge is 0.249 e. The van der Waals surface area contributed by atoms with Gasteiger partial charge in [-0.3, -0.25) is 4.79 Å². The molecule has 1 aromatic heterocycles. The van der Waals surface area contributed by atoms with Crippen molar-refractivity contribution in [2.24, 2.45) is 16.9 Å². The normalized spacial score (nSPS) is 19.0. The van der Waals surface area contributed by atoms with Crippen LogP contribution in [-0.2, 0) is 6.42 Å². The number of carbonyl (C=O) groups is 1. The zero-order valence-electron chi connectivity index (χ0n) is 18.4. The lowest BCUT2D eigenvalue weighted by Crippen LogP contribution is -2.44. The number of anilines is 1. The van der Waals surface area contributed by atoms with Crippen molar-refractivity contribution in [1.82, 2.24) is 4.98 Å². The number of hydrogen-bond acceptors (Lipinski definition) is 4. The van der Waals surface area contributed by atoms with Crippen molar-refractivity contribution < 1.29 is 4.79 Å². The summed E-state index contributed by atoms with van der Waals surface area (Å²) in [7, 11) is 0. The molecule has 1 amide bonds. The molecule has 0 saturated carbocycles. The Bertz CT molecular complexity index is 1250. The Morgan fingerprint density at radius 3 is 2.55 bits per heavy atom. The summed E-state index contributed by atoms with van der Waals surface area (Å²) in [6, 6.07) is 15.7. The highest BCUT2D eigenvalue weighted by Gasteiger charge is 2.46. The number of rotatable bonds is 3. The van der Waals surface area contributed by atoms with Gasteiger partial charge in [-0.2, -0.15) is 0 Å². The monoisotopic (exact) mass is 480 g/mol. The topological polar surface area (TPSA) is 85.2 Å². The fourth-order valence-corrected chi connectivity index (χ4v) is 5.93. The summed E-state index contributed by atoms with van der Waals surface area (Å²) < 4.78 is 0. The van der Waals surface area contributed by atoms with E-state index in [4.69, 9.17) is 39.7 Å². The Morgan fingerprint density at radius 1 is 1.12 bits per heavy atom. The third-order valence-corrected chi connectivity index (χ3v) is 8.17. The van der Waals surface area contributed by atoms with Crippen molar-refractivity contribution >= 4 is 34.9 Å². The van der Waals surface area contributed by atoms with Crippen molar-refractivity contribution in [2.75, 3.05) is 18.0 Å². The number of nitrogens with zero attached hydrogens (tertiary/aromatic N) is 2. The zero-order chi connectivity index (χ0) is 23.3. The molecule has 1 aliphatic heterocycles. The lowest BCUT2D eigenvalue weighted by atomic mass is 9.73. The quantitative estimate of drug-likeness (QED) is 0.531. The van der Waals surface area contributed by atoms with Gasteiger partial charge in [0.05, 0.1) is 15.6 Å². The molecule has 0 unspecified atom stereocenters. The fraction of sp³-hybridized carbons (Fsp3) is 0.308. The minimum absolute atomic E-state index is 0.0547. The van der Waals surface area contributed by atoms with Crippen molar-refractivity contribution in [2.45, 2.75) is 32.2 Å². The van der Waals surface area contributed by atoms with Gasteiger partial charge in [0.2, 0.25) is 5.91 Å². The van der Waals surface area contributed by atoms with Crippen LogP contribution in [0.5, 0.6) is 0 Å². The molecular weight excluding hydrogens is 455 g/mol. The van der Waals surface area contributed by atoms with E-state index in [1.54, 1.807) is 18.2 Å². The van der Waals surface area contributed by atoms with Crippen LogP contribution in [0.3, 0.4) is 0 Å². The lowest BCUT2D eigenvalue weighted by Gasteiger charge is -2.42. The predicted octanol–water partition coefficient (Wildman–Crippen LogP) is 5.31. The summed E-state index contributed by atoms with van der Waals surface area (Å²) in [6.45, 7) is 3.52. The van der Waals surface area contributed by atoms with E-state index in [2.05, 4.69) is 29.2 Å². The third-order valence-electron chi connectivity index (χ3n) is 7.35. The second-order valence-electron chi connectivity index (χ2n) is 9.16. The summed E-state index contributed by atoms with van der Waals surface area (Å²) in [5.41, 5.74) is 17.6. The van der Waals surface area contributed by atoms with Gasteiger partial charge in [-0.15, -0.1) is 0 Å². The molecule has 1 fully saturated rings. The molecule has 2 aromatic carbocycles. The molecule has 3 aromatic rings. The molecule has 0 radical (unpaired) electrons. The van der Waals surface area contributed by atoms with E-state index >= 15 is 0 Å². The van der Waals surface area contributed by atoms with E-state index in [1.165, 1.54) is 11.1 Å². The van der Waals surface area contributed by atoms with E-state index in [0.717, 1.165) is 38.2 Å². The number of aromatic nitrogens is 1. The number of fused-ring (bicyclic) bond motifs is 1. The Labute approximate surface area is 203 Å². The Balaban J connectivity index is 1.45. The average Bonchev–Trinajstić information content (AvgIpc) is 3.07. The van der Waals surface area contributed by atoms with Gasteiger partial charge in [0.1, 0.15) is 5.82 Å². The van der Waals surface area contributed by atoms with Gasteiger partial charge < -0.3 is 16.4 Å². The SMILES string of the molecule is Cc1nc(N2CCC3(CC2)Cc2ccccc2[C@H]3N)cc(C(N)=O)c1-c1cccc(Cl)c1Cl. The van der Waals surface area contributed by atoms with Gasteiger partial charge in [0, 0.05) is 36.0 Å². The number of amides is 1. The lowest BCUT2D eigenvalue weighted by molar-refractivity contribution is 0.100. The Morgan fingerprint density at radius 2 is 1.85 bits per heavy atom. The van der Waals surface area contributed by atoms with Gasteiger partial charge in [-0.1, -0.05) is 59.6 Å². The van der Waals surface area contributed by atoms with Crippen LogP contribution in [0.25, 0.3) is 11.1 Å². The molecule has 170 valence electrons. The highest BCUT2D eigenvalue weighted by atomic mass is 35.5. The van der Waals surface area contributed by atoms with Crippen LogP contribution in [0.1, 0.15) is 46.1 Å². The van der Waals surface area contributed by atoms with E-state index < -0.39 is 5.91 Å². The number of nitrogens with two attached hydrogens (primary N) is 2. The molecule has 4 N–H and O–H groups in total. The molecule has 0 bridgehead atoms. The first kappa shape index (κ1) is 22.2. The summed E-state index contributed by atoms with van der Waals surface area (Å²) in [5, 5.41) is 0.803. The highest BCUT2D eigenvalue weighted by Crippen LogP contribution is 2.51. The van der Waals surface area contributed by atoms with Crippen LogP contribution in [0, 0.1) is 12.3 Å². The van der Waals surface area contributed by atoms with E-state index in [9.17, 15) is 4.79 Å². The standard InChI is InChI=1S/C26H26Cl2N4O/c1-15-22(18-7-4-8-20(27)23(18)28)19(25(30)33)13-21(31-15)32-11-9-26(10-12-32)14-16-5-2-3-6-17(16)24(26)29/h2-8,13,24H,9-12,14,29H2,1H3,(H2,30,33)/t24-/m1/s1. The molecule has 5 nitrogen and oxygen atoms in total. The number of primary amides is 1. The number of aryl methyl sites for hydroxylation is 1. The predicted molar refractivity (Wildman–Crippen MR) is 134 cm³/mol. The summed E-state index contributed by atoms with van der Waals surface area (Å²) in [4.78, 5) is 19.5. The maximum atomic E-state index is 12.4. The van der Waals surface area contributed by atoms with Crippen LogP contribution in [0.15, 0.2) is 48.5 Å². The number of carbonyl (C=O) groups excluding carboxylic acids is 1. The fourth-order valence-electron chi connectivity index (χ4n) is 5.54. The summed E-state index contributed by atoms with van der Waals surface area (Å²) in [6.07, 6.45) is 2.96. The molecule has 7 heteroatoms. The molecule has 2 heterocycles. The molecule has 1 aliphatic carbocycles. The number of halogens is 2. The van der Waals surface area contributed by atoms with Gasteiger partial charge >= 0.3 is 0 Å². The highest BCUT2D eigenvalue weighted by molar-refractivity contribution is 6.43. The number of pyridine rings is 1. The van der Waals surface area contributed by atoms with Crippen LogP contribution in [0.2, 0.25) is 10.0 Å². The molecule has 1 atom stereocenters. The minimum atomic E-state index is -0.519. The van der Waals surface area contributed by atoms with Crippen LogP contribution in [0.4, 0.5) is 5.82 Å². The van der Waals surface area contributed by atoms with Crippen LogP contribution >= 0.6 is 23.2 Å². The molecule has 1 spiro atoms. The minimum Gasteiger partial charge on any atom is -0.366 e. The van der Waals surface area contributed by atoms with E-state index in [-0.39, 0.29) is 11.5 Å². The van der Waals surface area contributed by atoms with Crippen molar-refractivity contribution in [3.05, 3.63) is 81.0 Å². The molecule has 33 heavy (non-hydrogen) atoms. The zero-order valence-corrected chi connectivity index (χ0v) is 20.0. The van der Waals surface area contributed by atoms with E-state index in [0.29, 0.717) is 32.4 Å². The third kappa shape index (κ3) is 3.68. The first-order valence-corrected chi connectivity index (χ1v) is 11.9. The number of benzene rings is 2. The average molecular weight is 481 g/mol. The van der Waals surface area contributed by atoms with Crippen LogP contribution in [-0.4, -0.2) is 24.0 Å². The maximum Gasteiger partial charge on any atom is 0.249 e. The summed E-state index contributed by atoms with van der Waals surface area (Å²) >= 11 is 12.7.